The molecule has 3 atom stereocenters. The predicted octanol–water partition coefficient (Wildman–Crippen LogP) is 3.52. The second-order valence-electron chi connectivity index (χ2n) is 8.12. The Bertz CT molecular complexity index is 279. The van der Waals surface area contributed by atoms with Crippen LogP contribution in [0.3, 0.4) is 0 Å². The van der Waals surface area contributed by atoms with Gasteiger partial charge in [-0.1, -0.05) is 34.6 Å². The molecule has 0 bridgehead atoms. The van der Waals surface area contributed by atoms with Gasteiger partial charge in [0, 0.05) is 18.6 Å². The maximum absolute atomic E-state index is 3.90. The molecule has 0 aromatic rings. The molecule has 2 nitrogen and oxygen atoms in total. The fourth-order valence-corrected chi connectivity index (χ4v) is 4.30. The Morgan fingerprint density at radius 2 is 1.79 bits per heavy atom. The van der Waals surface area contributed by atoms with Crippen LogP contribution in [-0.2, 0) is 0 Å². The minimum absolute atomic E-state index is 0.540. The van der Waals surface area contributed by atoms with E-state index in [2.05, 4.69) is 44.8 Å². The first-order valence-electron chi connectivity index (χ1n) is 8.36. The number of hydrogen-bond donors (Lipinski definition) is 1. The lowest BCUT2D eigenvalue weighted by atomic mass is 9.91. The molecule has 1 heterocycles. The van der Waals surface area contributed by atoms with E-state index in [4.69, 9.17) is 0 Å². The lowest BCUT2D eigenvalue weighted by molar-refractivity contribution is 0.178. The highest BCUT2D eigenvalue weighted by Gasteiger charge is 2.37. The van der Waals surface area contributed by atoms with Gasteiger partial charge in [-0.15, -0.1) is 0 Å². The first-order chi connectivity index (χ1) is 8.89. The highest BCUT2D eigenvalue weighted by atomic mass is 15.2. The van der Waals surface area contributed by atoms with E-state index in [1.54, 1.807) is 0 Å². The molecule has 2 aliphatic rings. The average molecular weight is 266 g/mol. The third kappa shape index (κ3) is 3.95. The zero-order chi connectivity index (χ0) is 14.0. The van der Waals surface area contributed by atoms with Gasteiger partial charge >= 0.3 is 0 Å². The van der Waals surface area contributed by atoms with E-state index < -0.39 is 0 Å². The lowest BCUT2D eigenvalue weighted by Gasteiger charge is -2.33. The van der Waals surface area contributed by atoms with E-state index in [0.29, 0.717) is 5.41 Å². The van der Waals surface area contributed by atoms with Gasteiger partial charge in [-0.25, -0.2) is 0 Å². The van der Waals surface area contributed by atoms with Crippen LogP contribution >= 0.6 is 0 Å². The van der Waals surface area contributed by atoms with Crippen LogP contribution < -0.4 is 5.32 Å². The normalized spacial score (nSPS) is 33.2. The van der Waals surface area contributed by atoms with Gasteiger partial charge in [-0.05, 0) is 56.0 Å². The van der Waals surface area contributed by atoms with Crippen molar-refractivity contribution in [3.05, 3.63) is 0 Å². The molecule has 1 saturated heterocycles. The van der Waals surface area contributed by atoms with E-state index in [1.165, 1.54) is 45.3 Å². The van der Waals surface area contributed by atoms with Crippen molar-refractivity contribution in [2.75, 3.05) is 19.6 Å². The summed E-state index contributed by atoms with van der Waals surface area (Å²) < 4.78 is 0. The van der Waals surface area contributed by atoms with Crippen molar-refractivity contribution in [3.8, 4) is 0 Å². The molecular weight excluding hydrogens is 232 g/mol. The molecule has 2 fully saturated rings. The summed E-state index contributed by atoms with van der Waals surface area (Å²) in [7, 11) is 0. The minimum atomic E-state index is 0.540. The topological polar surface area (TPSA) is 15.3 Å². The molecule has 0 spiro atoms. The van der Waals surface area contributed by atoms with Crippen LogP contribution in [0.2, 0.25) is 0 Å². The Hall–Kier alpha value is -0.0800. The minimum Gasteiger partial charge on any atom is -0.312 e. The summed E-state index contributed by atoms with van der Waals surface area (Å²) >= 11 is 0. The number of nitrogens with zero attached hydrogens (tertiary/aromatic N) is 1. The van der Waals surface area contributed by atoms with Gasteiger partial charge in [0.25, 0.3) is 0 Å². The Kier molecular flexibility index (Phi) is 4.94. The van der Waals surface area contributed by atoms with Gasteiger partial charge in [0.15, 0.2) is 0 Å². The van der Waals surface area contributed by atoms with E-state index in [1.807, 2.05) is 0 Å². The maximum atomic E-state index is 3.90. The highest BCUT2D eigenvalue weighted by Crippen LogP contribution is 2.40. The van der Waals surface area contributed by atoms with E-state index in [9.17, 15) is 0 Å². The fourth-order valence-electron chi connectivity index (χ4n) is 4.30. The Balaban J connectivity index is 1.85. The summed E-state index contributed by atoms with van der Waals surface area (Å²) in [6, 6.07) is 1.47. The molecule has 1 saturated carbocycles. The van der Waals surface area contributed by atoms with Crippen LogP contribution in [0.4, 0.5) is 0 Å². The standard InChI is InChI=1S/C17H34N2/c1-13(2)16(19-8-6-7-9-19)12-18-15-11-17(4,5)10-14(15)3/h13-16,18H,6-12H2,1-5H3. The molecule has 1 aliphatic heterocycles. The lowest BCUT2D eigenvalue weighted by Crippen LogP contribution is -2.47. The van der Waals surface area contributed by atoms with Crippen molar-refractivity contribution in [2.45, 2.75) is 72.4 Å². The SMILES string of the molecule is CC(C)C(CNC1CC(C)(C)CC1C)N1CCCC1. The molecule has 0 radical (unpaired) electrons. The molecule has 19 heavy (non-hydrogen) atoms. The number of likely N-dealkylation sites (tertiary alicyclic amines) is 1. The smallest absolute Gasteiger partial charge is 0.0243 e. The second kappa shape index (κ2) is 6.13. The molecule has 2 rings (SSSR count). The van der Waals surface area contributed by atoms with Gasteiger partial charge in [-0.2, -0.15) is 0 Å². The second-order valence-corrected chi connectivity index (χ2v) is 8.12. The summed E-state index contributed by atoms with van der Waals surface area (Å²) in [6.07, 6.45) is 5.52. The van der Waals surface area contributed by atoms with Crippen molar-refractivity contribution in [1.82, 2.24) is 10.2 Å². The van der Waals surface area contributed by atoms with Crippen molar-refractivity contribution in [2.24, 2.45) is 17.3 Å². The van der Waals surface area contributed by atoms with Gasteiger partial charge in [0.2, 0.25) is 0 Å². The molecule has 0 aromatic carbocycles. The summed E-state index contributed by atoms with van der Waals surface area (Å²) in [5.74, 6) is 1.59. The van der Waals surface area contributed by atoms with Gasteiger partial charge in [0.05, 0.1) is 0 Å². The van der Waals surface area contributed by atoms with Crippen molar-refractivity contribution >= 4 is 0 Å². The quantitative estimate of drug-likeness (QED) is 0.819. The predicted molar refractivity (Wildman–Crippen MR) is 83.4 cm³/mol. The summed E-state index contributed by atoms with van der Waals surface area (Å²) in [5.41, 5.74) is 0.540. The summed E-state index contributed by atoms with van der Waals surface area (Å²) in [6.45, 7) is 15.8. The molecule has 0 amide bonds. The number of rotatable bonds is 5. The number of hydrogen-bond acceptors (Lipinski definition) is 2. The highest BCUT2D eigenvalue weighted by molar-refractivity contribution is 4.92. The van der Waals surface area contributed by atoms with Crippen LogP contribution in [0.1, 0.15) is 60.3 Å². The Morgan fingerprint density at radius 1 is 1.16 bits per heavy atom. The third-order valence-corrected chi connectivity index (χ3v) is 5.30. The summed E-state index contributed by atoms with van der Waals surface area (Å²) in [5, 5.41) is 3.90. The van der Waals surface area contributed by atoms with E-state index >= 15 is 0 Å². The molecule has 0 aromatic heterocycles. The largest absolute Gasteiger partial charge is 0.312 e. The van der Waals surface area contributed by atoms with Crippen molar-refractivity contribution < 1.29 is 0 Å². The zero-order valence-corrected chi connectivity index (χ0v) is 13.7. The van der Waals surface area contributed by atoms with Gasteiger partial charge in [-0.3, -0.25) is 4.90 Å². The van der Waals surface area contributed by atoms with Crippen LogP contribution in [0, 0.1) is 17.3 Å². The van der Waals surface area contributed by atoms with Crippen LogP contribution in [0.5, 0.6) is 0 Å². The third-order valence-electron chi connectivity index (χ3n) is 5.30. The molecule has 3 unspecified atom stereocenters. The fraction of sp³-hybridized carbons (Fsp3) is 1.00. The van der Waals surface area contributed by atoms with Crippen LogP contribution in [0.25, 0.3) is 0 Å². The van der Waals surface area contributed by atoms with Gasteiger partial charge in [0.1, 0.15) is 0 Å². The molecule has 1 aliphatic carbocycles. The molecule has 2 heteroatoms. The molecule has 1 N–H and O–H groups in total. The maximum Gasteiger partial charge on any atom is 0.0243 e. The first-order valence-corrected chi connectivity index (χ1v) is 8.36. The van der Waals surface area contributed by atoms with E-state index in [-0.39, 0.29) is 0 Å². The van der Waals surface area contributed by atoms with Gasteiger partial charge < -0.3 is 5.32 Å². The zero-order valence-electron chi connectivity index (χ0n) is 13.7. The summed E-state index contributed by atoms with van der Waals surface area (Å²) in [4.78, 5) is 2.71. The van der Waals surface area contributed by atoms with Crippen LogP contribution in [0.15, 0.2) is 0 Å². The van der Waals surface area contributed by atoms with Crippen molar-refractivity contribution in [1.29, 1.82) is 0 Å². The monoisotopic (exact) mass is 266 g/mol. The van der Waals surface area contributed by atoms with Crippen molar-refractivity contribution in [3.63, 3.8) is 0 Å². The molecule has 112 valence electrons. The first kappa shape index (κ1) is 15.3. The molecular formula is C17H34N2. The van der Waals surface area contributed by atoms with Crippen LogP contribution in [-0.4, -0.2) is 36.6 Å². The average Bonchev–Trinajstić information content (AvgIpc) is 2.87. The van der Waals surface area contributed by atoms with E-state index in [0.717, 1.165) is 23.9 Å². The number of nitrogens with one attached hydrogen (secondary N) is 1. The Morgan fingerprint density at radius 3 is 2.26 bits per heavy atom. The Labute approximate surface area is 120 Å².